The first kappa shape index (κ1) is 36.0. The first-order chi connectivity index (χ1) is 23.8. The molecule has 2 saturated heterocycles. The lowest BCUT2D eigenvalue weighted by Gasteiger charge is -2.72. The van der Waals surface area contributed by atoms with E-state index in [0.29, 0.717) is 46.8 Å². The number of allylic oxidation sites excluding steroid dienone is 5. The third-order valence-corrected chi connectivity index (χ3v) is 18.1. The summed E-state index contributed by atoms with van der Waals surface area (Å²) < 4.78 is 11.5. The summed E-state index contributed by atoms with van der Waals surface area (Å²) in [6, 6.07) is 0.658. The monoisotopic (exact) mass is 689 g/mol. The smallest absolute Gasteiger partial charge is 0.157 e. The zero-order valence-corrected chi connectivity index (χ0v) is 33.0. The molecule has 280 valence electrons. The molecule has 0 spiro atoms. The number of rotatable bonds is 9. The molecule has 50 heavy (non-hydrogen) atoms. The van der Waals surface area contributed by atoms with Gasteiger partial charge in [-0.15, -0.1) is 0 Å². The van der Waals surface area contributed by atoms with Crippen LogP contribution in [0.15, 0.2) is 35.5 Å². The Kier molecular flexibility index (Phi) is 9.23. The van der Waals surface area contributed by atoms with E-state index in [1.807, 2.05) is 6.92 Å². The van der Waals surface area contributed by atoms with Crippen molar-refractivity contribution in [1.82, 2.24) is 10.2 Å². The number of aliphatic hydroxyl groups is 1. The molecule has 0 amide bonds. The first-order valence-corrected chi connectivity index (χ1v) is 21.2. The summed E-state index contributed by atoms with van der Waals surface area (Å²) in [4.78, 5) is 2.72. The van der Waals surface area contributed by atoms with E-state index in [9.17, 15) is 5.11 Å². The molecule has 2 N–H and O–H groups in total. The van der Waals surface area contributed by atoms with Crippen LogP contribution < -0.4 is 5.32 Å². The van der Waals surface area contributed by atoms with Crippen molar-refractivity contribution in [2.24, 2.45) is 57.2 Å². The Bertz CT molecular complexity index is 1390. The maximum atomic E-state index is 10.5. The lowest BCUT2D eigenvalue weighted by atomic mass is 9.33. The second-order valence-electron chi connectivity index (χ2n) is 20.3. The summed E-state index contributed by atoms with van der Waals surface area (Å²) in [5, 5.41) is 14.9. The normalized spacial score (nSPS) is 48.6. The Balaban J connectivity index is 1.03. The van der Waals surface area contributed by atoms with Crippen molar-refractivity contribution in [2.75, 3.05) is 32.8 Å². The highest BCUT2D eigenvalue weighted by molar-refractivity contribution is 5.41. The maximum absolute atomic E-state index is 10.5. The number of fused-ring (bicyclic) bond motifs is 9. The lowest BCUT2D eigenvalue weighted by Crippen LogP contribution is -2.68. The largest absolute Gasteiger partial charge is 0.375 e. The predicted molar refractivity (Wildman–Crippen MR) is 204 cm³/mol. The van der Waals surface area contributed by atoms with Crippen LogP contribution >= 0.6 is 0 Å². The quantitative estimate of drug-likeness (QED) is 0.187. The number of nitrogens with one attached hydrogen (secondary N) is 1. The Labute approximate surface area is 305 Å². The fourth-order valence-electron chi connectivity index (χ4n) is 15.5. The van der Waals surface area contributed by atoms with Crippen molar-refractivity contribution in [3.05, 3.63) is 35.5 Å². The van der Waals surface area contributed by atoms with Gasteiger partial charge in [-0.3, -0.25) is 4.90 Å². The lowest BCUT2D eigenvalue weighted by molar-refractivity contribution is -0.221. The molecular weight excluding hydrogens is 617 g/mol. The van der Waals surface area contributed by atoms with Gasteiger partial charge in [0.1, 0.15) is 0 Å². The van der Waals surface area contributed by atoms with Crippen molar-refractivity contribution >= 4 is 0 Å². The molecule has 5 heteroatoms. The SMILES string of the molecule is C=C(C)[C@@H]1CC[C@]2(NCCN3CC4CC3CO4)CC[C@]3(C)[C@H](CC[C@@H]4[C@@]5(C)CC=C(C6=CCC(C(O)OCC)CC6)C(C)(C)[C@@H]5CC[C@]43C)[C@@H]12. The van der Waals surface area contributed by atoms with Gasteiger partial charge in [0.25, 0.3) is 0 Å². The first-order valence-electron chi connectivity index (χ1n) is 21.2. The third kappa shape index (κ3) is 5.30. The number of hydrogen-bond donors (Lipinski definition) is 2. The summed E-state index contributed by atoms with van der Waals surface area (Å²) in [6.07, 6.45) is 21.5. The summed E-state index contributed by atoms with van der Waals surface area (Å²) in [6.45, 7) is 27.5. The van der Waals surface area contributed by atoms with E-state index in [1.165, 1.54) is 76.3 Å². The van der Waals surface area contributed by atoms with Crippen LogP contribution in [0.2, 0.25) is 0 Å². The van der Waals surface area contributed by atoms with Crippen molar-refractivity contribution in [3.63, 3.8) is 0 Å². The maximum Gasteiger partial charge on any atom is 0.157 e. The average Bonchev–Trinajstić information content (AvgIpc) is 3.80. The number of likely N-dealkylation sites (tertiary alicyclic amines) is 1. The number of aliphatic hydroxyl groups excluding tert-OH is 1. The highest BCUT2D eigenvalue weighted by Crippen LogP contribution is 2.76. The number of nitrogens with zero attached hydrogens (tertiary/aromatic N) is 1. The zero-order valence-electron chi connectivity index (χ0n) is 33.0. The molecule has 8 aliphatic rings. The van der Waals surface area contributed by atoms with Crippen LogP contribution in [0.25, 0.3) is 0 Å². The van der Waals surface area contributed by atoms with Gasteiger partial charge in [-0.2, -0.15) is 0 Å². The van der Waals surface area contributed by atoms with E-state index in [1.54, 1.807) is 11.1 Å². The Morgan fingerprint density at radius 3 is 2.52 bits per heavy atom. The van der Waals surface area contributed by atoms with Gasteiger partial charge in [0, 0.05) is 43.7 Å². The van der Waals surface area contributed by atoms with Crippen LogP contribution in [0, 0.1) is 57.2 Å². The number of hydrogen-bond acceptors (Lipinski definition) is 5. The topological polar surface area (TPSA) is 54.0 Å². The third-order valence-electron chi connectivity index (χ3n) is 18.1. The van der Waals surface area contributed by atoms with E-state index in [-0.39, 0.29) is 16.9 Å². The molecule has 0 aromatic rings. The fourth-order valence-corrected chi connectivity index (χ4v) is 15.5. The van der Waals surface area contributed by atoms with E-state index < -0.39 is 6.29 Å². The van der Waals surface area contributed by atoms with Gasteiger partial charge < -0.3 is 19.9 Å². The number of ether oxygens (including phenoxy) is 2. The van der Waals surface area contributed by atoms with Crippen LogP contribution in [0.4, 0.5) is 0 Å². The molecule has 2 heterocycles. The van der Waals surface area contributed by atoms with Gasteiger partial charge >= 0.3 is 0 Å². The Morgan fingerprint density at radius 1 is 1.02 bits per heavy atom. The number of morpholine rings is 1. The van der Waals surface area contributed by atoms with Gasteiger partial charge in [-0.1, -0.05) is 58.9 Å². The molecule has 6 fully saturated rings. The van der Waals surface area contributed by atoms with Gasteiger partial charge in [-0.05, 0) is 160 Å². The highest BCUT2D eigenvalue weighted by atomic mass is 16.6. The van der Waals surface area contributed by atoms with Crippen LogP contribution in [-0.4, -0.2) is 66.8 Å². The molecule has 4 saturated carbocycles. The second kappa shape index (κ2) is 12.8. The molecule has 8 rings (SSSR count). The Hall–Kier alpha value is -0.980. The van der Waals surface area contributed by atoms with Gasteiger partial charge in [0.2, 0.25) is 0 Å². The molecule has 13 atom stereocenters. The molecule has 2 bridgehead atoms. The summed E-state index contributed by atoms with van der Waals surface area (Å²) in [5.74, 6) is 3.87. The molecule has 6 aliphatic carbocycles. The Morgan fingerprint density at radius 2 is 1.84 bits per heavy atom. The molecule has 0 aromatic heterocycles. The van der Waals surface area contributed by atoms with E-state index in [4.69, 9.17) is 9.47 Å². The van der Waals surface area contributed by atoms with Crippen molar-refractivity contribution in [2.45, 2.75) is 156 Å². The molecule has 4 unspecified atom stereocenters. The van der Waals surface area contributed by atoms with Crippen LogP contribution in [0.1, 0.15) is 132 Å². The molecule has 0 radical (unpaired) electrons. The van der Waals surface area contributed by atoms with E-state index in [0.717, 1.165) is 56.7 Å². The van der Waals surface area contributed by atoms with Crippen LogP contribution in [0.3, 0.4) is 0 Å². The van der Waals surface area contributed by atoms with Gasteiger partial charge in [0.15, 0.2) is 6.29 Å². The van der Waals surface area contributed by atoms with Crippen LogP contribution in [-0.2, 0) is 9.47 Å². The average molecular weight is 689 g/mol. The van der Waals surface area contributed by atoms with Crippen molar-refractivity contribution < 1.29 is 14.6 Å². The molecular formula is C45H72N2O3. The summed E-state index contributed by atoms with van der Waals surface area (Å²) in [7, 11) is 0. The molecule has 2 aliphatic heterocycles. The summed E-state index contributed by atoms with van der Waals surface area (Å²) >= 11 is 0. The fraction of sp³-hybridized carbons (Fsp3) is 0.867. The van der Waals surface area contributed by atoms with Gasteiger partial charge in [0.05, 0.1) is 12.7 Å². The minimum atomic E-state index is -0.627. The highest BCUT2D eigenvalue weighted by Gasteiger charge is 2.70. The van der Waals surface area contributed by atoms with E-state index >= 15 is 0 Å². The van der Waals surface area contributed by atoms with Crippen molar-refractivity contribution in [1.29, 1.82) is 0 Å². The van der Waals surface area contributed by atoms with E-state index in [2.05, 4.69) is 70.5 Å². The summed E-state index contributed by atoms with van der Waals surface area (Å²) in [5.41, 5.74) is 6.18. The zero-order chi connectivity index (χ0) is 35.3. The minimum Gasteiger partial charge on any atom is -0.375 e. The predicted octanol–water partition coefficient (Wildman–Crippen LogP) is 9.08. The minimum absolute atomic E-state index is 0.173. The molecule has 0 aromatic carbocycles. The van der Waals surface area contributed by atoms with Crippen molar-refractivity contribution in [3.8, 4) is 0 Å². The molecule has 5 nitrogen and oxygen atoms in total. The van der Waals surface area contributed by atoms with Crippen LogP contribution in [0.5, 0.6) is 0 Å². The van der Waals surface area contributed by atoms with Gasteiger partial charge in [-0.25, -0.2) is 0 Å². The second-order valence-corrected chi connectivity index (χ2v) is 20.3. The standard InChI is InChI=1S/C45H72N2O3/c1-9-49-40(48)31-12-10-30(11-13-31)35-17-19-42(6)37(41(35,4)5)18-20-44(8)38(42)15-14-36-39-34(29(2)3)16-21-45(39,23-22-43(36,44)7)46-24-25-47-27-33-26-32(47)28-50-33/h10,17,31-34,36-40,46,48H,2,9,11-16,18-28H2,1,3-8H3/t31?,32?,33?,34-,36+,37-,38+,39+,40?,42-,43+,44+,45-/m0/s1.